The van der Waals surface area contributed by atoms with Crippen LogP contribution >= 0.6 is 8.25 Å². The molecule has 1 aromatic rings. The fraction of sp³-hybridized carbons (Fsp3) is 0.636. The van der Waals surface area contributed by atoms with Gasteiger partial charge in [-0.3, -0.25) is 18.9 Å². The van der Waals surface area contributed by atoms with Crippen molar-refractivity contribution in [2.24, 2.45) is 0 Å². The lowest BCUT2D eigenvalue weighted by Crippen LogP contribution is -2.34. The molecule has 0 aliphatic carbocycles. The summed E-state index contributed by atoms with van der Waals surface area (Å²) in [6, 6.07) is 0. The lowest BCUT2D eigenvalue weighted by Gasteiger charge is -2.20. The summed E-state index contributed by atoms with van der Waals surface area (Å²) in [4.78, 5) is 34.2. The summed E-state index contributed by atoms with van der Waals surface area (Å²) in [6.07, 6.45) is -1.94. The van der Waals surface area contributed by atoms with Crippen LogP contribution in [0.3, 0.4) is 0 Å². The molecule has 0 aromatic carbocycles. The molecule has 21 heavy (non-hydrogen) atoms. The quantitative estimate of drug-likeness (QED) is 0.624. The molecule has 9 nitrogen and oxygen atoms in total. The Hall–Kier alpha value is -1.25. The first-order valence-electron chi connectivity index (χ1n) is 6.34. The van der Waals surface area contributed by atoms with Crippen molar-refractivity contribution < 1.29 is 23.8 Å². The highest BCUT2D eigenvalue weighted by Gasteiger charge is 2.41. The number of aliphatic hydroxyl groups is 1. The Bertz CT molecular complexity index is 653. The van der Waals surface area contributed by atoms with Crippen molar-refractivity contribution >= 4 is 8.25 Å². The third kappa shape index (κ3) is 3.50. The fourth-order valence-corrected chi connectivity index (χ4v) is 2.79. The first kappa shape index (κ1) is 16.1. The number of nitrogens with zero attached hydrogens (tertiary/aromatic N) is 1. The minimum absolute atomic E-state index is 0.109. The summed E-state index contributed by atoms with van der Waals surface area (Å²) in [6.45, 7) is 3.00. The molecule has 1 fully saturated rings. The molecule has 0 radical (unpaired) electrons. The minimum Gasteiger partial charge on any atom is -0.391 e. The van der Waals surface area contributed by atoms with Crippen molar-refractivity contribution in [2.45, 2.75) is 44.8 Å². The molecule has 0 bridgehead atoms. The molecule has 1 saturated heterocycles. The standard InChI is InChI=1S/C11H17N2O7P/c1-5-4-13(11(16)12-10(5)15)8-3-7(20-21(17)18)9(19-8)6(2)14/h4,6-9,14,21H,3H2,1-2H3,(H,17,18)(H,12,15,16)/t6-,7?,8-,9-/m1/s1. The van der Waals surface area contributed by atoms with Crippen LogP contribution in [0.2, 0.25) is 0 Å². The van der Waals surface area contributed by atoms with E-state index in [2.05, 4.69) is 4.98 Å². The van der Waals surface area contributed by atoms with Crippen LogP contribution in [-0.2, 0) is 13.8 Å². The van der Waals surface area contributed by atoms with Gasteiger partial charge in [0.25, 0.3) is 5.56 Å². The maximum absolute atomic E-state index is 11.8. The monoisotopic (exact) mass is 320 g/mol. The van der Waals surface area contributed by atoms with E-state index in [1.54, 1.807) is 0 Å². The number of nitrogens with one attached hydrogen (secondary N) is 1. The zero-order chi connectivity index (χ0) is 15.7. The van der Waals surface area contributed by atoms with E-state index in [0.717, 1.165) is 0 Å². The summed E-state index contributed by atoms with van der Waals surface area (Å²) < 4.78 is 22.4. The SMILES string of the molecule is Cc1cn([C@H]2CC(O[PH](=O)O)[C@@H]([C@@H](C)O)O2)c(=O)[nH]c1=O. The predicted molar refractivity (Wildman–Crippen MR) is 72.4 cm³/mol. The number of hydrogen-bond donors (Lipinski definition) is 3. The van der Waals surface area contributed by atoms with Gasteiger partial charge in [-0.1, -0.05) is 0 Å². The van der Waals surface area contributed by atoms with Crippen LogP contribution in [0.4, 0.5) is 0 Å². The summed E-state index contributed by atoms with van der Waals surface area (Å²) >= 11 is 0. The maximum Gasteiger partial charge on any atom is 0.330 e. The molecule has 2 heterocycles. The molecule has 1 aliphatic heterocycles. The second kappa shape index (κ2) is 6.25. The third-order valence-corrected chi connectivity index (χ3v) is 3.80. The Morgan fingerprint density at radius 3 is 2.81 bits per heavy atom. The van der Waals surface area contributed by atoms with Crippen molar-refractivity contribution in [3.05, 3.63) is 32.6 Å². The molecule has 1 aliphatic rings. The normalized spacial score (nSPS) is 28.5. The van der Waals surface area contributed by atoms with Gasteiger partial charge in [0, 0.05) is 18.2 Å². The van der Waals surface area contributed by atoms with Gasteiger partial charge < -0.3 is 19.3 Å². The van der Waals surface area contributed by atoms with Crippen molar-refractivity contribution in [3.8, 4) is 0 Å². The first-order chi connectivity index (χ1) is 9.79. The molecule has 2 rings (SSSR count). The highest BCUT2D eigenvalue weighted by molar-refractivity contribution is 7.32. The number of rotatable bonds is 4. The second-order valence-electron chi connectivity index (χ2n) is 4.93. The highest BCUT2D eigenvalue weighted by atomic mass is 31.1. The number of aryl methyl sites for hydroxylation is 1. The number of aromatic nitrogens is 2. The topological polar surface area (TPSA) is 131 Å². The van der Waals surface area contributed by atoms with Gasteiger partial charge in [0.1, 0.15) is 12.3 Å². The van der Waals surface area contributed by atoms with Gasteiger partial charge in [-0.15, -0.1) is 0 Å². The highest BCUT2D eigenvalue weighted by Crippen LogP contribution is 2.36. The Morgan fingerprint density at radius 1 is 1.57 bits per heavy atom. The van der Waals surface area contributed by atoms with E-state index in [4.69, 9.17) is 14.2 Å². The summed E-state index contributed by atoms with van der Waals surface area (Å²) in [5.74, 6) is 0. The Labute approximate surface area is 120 Å². The number of H-pyrrole nitrogens is 1. The van der Waals surface area contributed by atoms with Gasteiger partial charge in [0.15, 0.2) is 0 Å². The lowest BCUT2D eigenvalue weighted by molar-refractivity contribution is -0.0735. The number of aliphatic hydroxyl groups excluding tert-OH is 1. The van der Waals surface area contributed by atoms with Crippen LogP contribution < -0.4 is 11.2 Å². The zero-order valence-electron chi connectivity index (χ0n) is 11.5. The van der Waals surface area contributed by atoms with Crippen LogP contribution in [0, 0.1) is 6.92 Å². The minimum atomic E-state index is -3.20. The fourth-order valence-electron chi connectivity index (χ4n) is 2.31. The molecule has 118 valence electrons. The molecule has 5 atom stereocenters. The predicted octanol–water partition coefficient (Wildman–Crippen LogP) is -0.719. The average molecular weight is 320 g/mol. The first-order valence-corrected chi connectivity index (χ1v) is 7.61. The molecule has 0 spiro atoms. The van der Waals surface area contributed by atoms with Gasteiger partial charge in [0.05, 0.1) is 12.2 Å². The molecule has 1 aromatic heterocycles. The van der Waals surface area contributed by atoms with Crippen molar-refractivity contribution in [1.29, 1.82) is 0 Å². The Kier molecular flexibility index (Phi) is 4.80. The molecule has 0 amide bonds. The number of hydrogen-bond acceptors (Lipinski definition) is 6. The molecule has 10 heteroatoms. The summed E-state index contributed by atoms with van der Waals surface area (Å²) in [5.41, 5.74) is -0.821. The van der Waals surface area contributed by atoms with Crippen LogP contribution in [0.1, 0.15) is 25.1 Å². The van der Waals surface area contributed by atoms with Crippen LogP contribution in [-0.4, -0.2) is 37.9 Å². The van der Waals surface area contributed by atoms with Gasteiger partial charge in [-0.2, -0.15) is 0 Å². The van der Waals surface area contributed by atoms with E-state index in [0.29, 0.717) is 5.56 Å². The Morgan fingerprint density at radius 2 is 2.24 bits per heavy atom. The number of aromatic amines is 1. The molecule has 2 unspecified atom stereocenters. The summed E-state index contributed by atoms with van der Waals surface area (Å²) in [7, 11) is -3.20. The third-order valence-electron chi connectivity index (χ3n) is 3.30. The van der Waals surface area contributed by atoms with E-state index in [1.165, 1.54) is 24.6 Å². The number of ether oxygens (including phenoxy) is 1. The van der Waals surface area contributed by atoms with Gasteiger partial charge in [-0.25, -0.2) is 4.79 Å². The van der Waals surface area contributed by atoms with Crippen molar-refractivity contribution in [2.75, 3.05) is 0 Å². The molecule has 0 saturated carbocycles. The smallest absolute Gasteiger partial charge is 0.330 e. The van der Waals surface area contributed by atoms with E-state index in [1.807, 2.05) is 0 Å². The van der Waals surface area contributed by atoms with Gasteiger partial charge >= 0.3 is 13.9 Å². The largest absolute Gasteiger partial charge is 0.391 e. The average Bonchev–Trinajstić information content (AvgIpc) is 2.76. The van der Waals surface area contributed by atoms with E-state index >= 15 is 0 Å². The molecular weight excluding hydrogens is 303 g/mol. The van der Waals surface area contributed by atoms with Crippen molar-refractivity contribution in [3.63, 3.8) is 0 Å². The summed E-state index contributed by atoms with van der Waals surface area (Å²) in [5, 5.41) is 9.65. The zero-order valence-corrected chi connectivity index (χ0v) is 12.5. The van der Waals surface area contributed by atoms with Gasteiger partial charge in [-0.05, 0) is 13.8 Å². The van der Waals surface area contributed by atoms with Gasteiger partial charge in [0.2, 0.25) is 0 Å². The maximum atomic E-state index is 11.8. The van der Waals surface area contributed by atoms with E-state index < -0.39 is 44.0 Å². The van der Waals surface area contributed by atoms with Crippen molar-refractivity contribution in [1.82, 2.24) is 9.55 Å². The lowest BCUT2D eigenvalue weighted by atomic mass is 10.1. The second-order valence-corrected chi connectivity index (χ2v) is 5.70. The Balaban J connectivity index is 2.30. The van der Waals surface area contributed by atoms with Crippen LogP contribution in [0.5, 0.6) is 0 Å². The molecule has 3 N–H and O–H groups in total. The van der Waals surface area contributed by atoms with Crippen LogP contribution in [0.25, 0.3) is 0 Å². The van der Waals surface area contributed by atoms with E-state index in [-0.39, 0.29) is 6.42 Å². The van der Waals surface area contributed by atoms with E-state index in [9.17, 15) is 19.3 Å². The molecular formula is C11H17N2O7P. The van der Waals surface area contributed by atoms with Crippen LogP contribution in [0.15, 0.2) is 15.8 Å².